The standard InChI is InChI=1S/C16H21ClN2/c1-12(2)15(7-9-17)19-11-13-8-10-18-16-6-4-3-5-14(13)16/h3-6,8,10,12,15,19H,7,9,11H2,1-2H3. The zero-order chi connectivity index (χ0) is 13.7. The van der Waals surface area contributed by atoms with E-state index in [1.54, 1.807) is 0 Å². The summed E-state index contributed by atoms with van der Waals surface area (Å²) in [5, 5.41) is 4.84. The molecule has 0 saturated carbocycles. The van der Waals surface area contributed by atoms with E-state index in [2.05, 4.69) is 48.4 Å². The number of hydrogen-bond donors (Lipinski definition) is 1. The minimum atomic E-state index is 0.462. The Morgan fingerprint density at radius 3 is 2.74 bits per heavy atom. The first kappa shape index (κ1) is 14.3. The largest absolute Gasteiger partial charge is 0.310 e. The van der Waals surface area contributed by atoms with Crippen LogP contribution in [-0.2, 0) is 6.54 Å². The van der Waals surface area contributed by atoms with E-state index in [0.717, 1.165) is 18.5 Å². The second kappa shape index (κ2) is 6.88. The molecule has 1 aromatic heterocycles. The third-order valence-electron chi connectivity index (χ3n) is 3.52. The smallest absolute Gasteiger partial charge is 0.0705 e. The van der Waals surface area contributed by atoms with E-state index >= 15 is 0 Å². The van der Waals surface area contributed by atoms with Gasteiger partial charge in [0.25, 0.3) is 0 Å². The molecule has 0 radical (unpaired) electrons. The molecule has 102 valence electrons. The molecule has 2 nitrogen and oxygen atoms in total. The lowest BCUT2D eigenvalue weighted by Crippen LogP contribution is -2.33. The molecule has 0 saturated heterocycles. The second-order valence-corrected chi connectivity index (χ2v) is 5.57. The van der Waals surface area contributed by atoms with Crippen molar-refractivity contribution in [3.63, 3.8) is 0 Å². The number of rotatable bonds is 6. The minimum Gasteiger partial charge on any atom is -0.310 e. The number of hydrogen-bond acceptors (Lipinski definition) is 2. The molecule has 1 N–H and O–H groups in total. The van der Waals surface area contributed by atoms with Gasteiger partial charge in [-0.2, -0.15) is 0 Å². The highest BCUT2D eigenvalue weighted by molar-refractivity contribution is 6.17. The van der Waals surface area contributed by atoms with Crippen LogP contribution in [0.3, 0.4) is 0 Å². The summed E-state index contributed by atoms with van der Waals surface area (Å²) in [7, 11) is 0. The number of pyridine rings is 1. The van der Waals surface area contributed by atoms with Crippen molar-refractivity contribution in [1.29, 1.82) is 0 Å². The van der Waals surface area contributed by atoms with Gasteiger partial charge in [-0.1, -0.05) is 32.0 Å². The summed E-state index contributed by atoms with van der Waals surface area (Å²) in [4.78, 5) is 4.39. The van der Waals surface area contributed by atoms with E-state index in [9.17, 15) is 0 Å². The second-order valence-electron chi connectivity index (χ2n) is 5.20. The van der Waals surface area contributed by atoms with Gasteiger partial charge in [-0.15, -0.1) is 11.6 Å². The molecule has 0 fully saturated rings. The maximum atomic E-state index is 5.87. The van der Waals surface area contributed by atoms with Crippen LogP contribution in [-0.4, -0.2) is 16.9 Å². The lowest BCUT2D eigenvalue weighted by Gasteiger charge is -2.22. The van der Waals surface area contributed by atoms with Gasteiger partial charge in [0.1, 0.15) is 0 Å². The van der Waals surface area contributed by atoms with Gasteiger partial charge in [0.05, 0.1) is 5.52 Å². The summed E-state index contributed by atoms with van der Waals surface area (Å²) in [6.07, 6.45) is 2.88. The fourth-order valence-corrected chi connectivity index (χ4v) is 2.57. The van der Waals surface area contributed by atoms with Crippen LogP contribution in [0.5, 0.6) is 0 Å². The predicted octanol–water partition coefficient (Wildman–Crippen LogP) is 3.98. The first-order valence-electron chi connectivity index (χ1n) is 6.84. The quantitative estimate of drug-likeness (QED) is 0.808. The van der Waals surface area contributed by atoms with Crippen molar-refractivity contribution in [2.24, 2.45) is 5.92 Å². The van der Waals surface area contributed by atoms with Crippen LogP contribution in [0.1, 0.15) is 25.8 Å². The molecule has 2 aromatic rings. The van der Waals surface area contributed by atoms with Gasteiger partial charge in [-0.25, -0.2) is 0 Å². The van der Waals surface area contributed by atoms with Gasteiger partial charge >= 0.3 is 0 Å². The van der Waals surface area contributed by atoms with E-state index in [1.165, 1.54) is 10.9 Å². The van der Waals surface area contributed by atoms with Crippen molar-refractivity contribution in [1.82, 2.24) is 10.3 Å². The number of benzene rings is 1. The molecule has 1 heterocycles. The monoisotopic (exact) mass is 276 g/mol. The van der Waals surface area contributed by atoms with Crippen molar-refractivity contribution in [2.45, 2.75) is 32.9 Å². The Kier molecular flexibility index (Phi) is 5.17. The zero-order valence-corrected chi connectivity index (χ0v) is 12.3. The van der Waals surface area contributed by atoms with Crippen molar-refractivity contribution in [3.8, 4) is 0 Å². The SMILES string of the molecule is CC(C)C(CCCl)NCc1ccnc2ccccc12. The average Bonchev–Trinajstić information content (AvgIpc) is 2.43. The molecule has 3 heteroatoms. The number of aromatic nitrogens is 1. The van der Waals surface area contributed by atoms with E-state index in [0.29, 0.717) is 17.8 Å². The van der Waals surface area contributed by atoms with Gasteiger partial charge < -0.3 is 5.32 Å². The Bertz CT molecular complexity index is 520. The number of nitrogens with zero attached hydrogens (tertiary/aromatic N) is 1. The van der Waals surface area contributed by atoms with Crippen LogP contribution in [0.15, 0.2) is 36.5 Å². The van der Waals surface area contributed by atoms with Crippen LogP contribution in [0.4, 0.5) is 0 Å². The number of fused-ring (bicyclic) bond motifs is 1. The van der Waals surface area contributed by atoms with Crippen LogP contribution >= 0.6 is 11.6 Å². The summed E-state index contributed by atoms with van der Waals surface area (Å²) >= 11 is 5.87. The van der Waals surface area contributed by atoms with Gasteiger partial charge in [0.15, 0.2) is 0 Å². The first-order valence-corrected chi connectivity index (χ1v) is 7.38. The third kappa shape index (κ3) is 3.68. The number of halogens is 1. The third-order valence-corrected chi connectivity index (χ3v) is 3.74. The summed E-state index contributed by atoms with van der Waals surface area (Å²) in [5.41, 5.74) is 2.35. The Hall–Kier alpha value is -1.12. The molecule has 0 spiro atoms. The van der Waals surface area contributed by atoms with Gasteiger partial charge in [-0.05, 0) is 30.0 Å². The van der Waals surface area contributed by atoms with Crippen LogP contribution in [0, 0.1) is 5.92 Å². The Morgan fingerprint density at radius 1 is 1.21 bits per heavy atom. The maximum absolute atomic E-state index is 5.87. The molecule has 1 aromatic carbocycles. The molecule has 0 amide bonds. The Labute approximate surface area is 120 Å². The summed E-state index contributed by atoms with van der Waals surface area (Å²) in [5.74, 6) is 1.29. The van der Waals surface area contributed by atoms with Crippen LogP contribution in [0.2, 0.25) is 0 Å². The first-order chi connectivity index (χ1) is 9.22. The van der Waals surface area contributed by atoms with Crippen LogP contribution in [0.25, 0.3) is 10.9 Å². The minimum absolute atomic E-state index is 0.462. The summed E-state index contributed by atoms with van der Waals surface area (Å²) in [6.45, 7) is 5.33. The molecule has 1 atom stereocenters. The van der Waals surface area contributed by atoms with Crippen molar-refractivity contribution >= 4 is 22.5 Å². The zero-order valence-electron chi connectivity index (χ0n) is 11.6. The molecule has 0 aliphatic carbocycles. The van der Waals surface area contributed by atoms with Crippen molar-refractivity contribution in [3.05, 3.63) is 42.1 Å². The Balaban J connectivity index is 2.13. The fraction of sp³-hybridized carbons (Fsp3) is 0.438. The molecule has 1 unspecified atom stereocenters. The van der Waals surface area contributed by atoms with Crippen LogP contribution < -0.4 is 5.32 Å². The van der Waals surface area contributed by atoms with Crippen molar-refractivity contribution < 1.29 is 0 Å². The van der Waals surface area contributed by atoms with Crippen molar-refractivity contribution in [2.75, 3.05) is 5.88 Å². The highest BCUT2D eigenvalue weighted by Crippen LogP contribution is 2.17. The van der Waals surface area contributed by atoms with E-state index in [-0.39, 0.29) is 0 Å². The molecule has 0 aliphatic heterocycles. The lowest BCUT2D eigenvalue weighted by atomic mass is 10.0. The average molecular weight is 277 g/mol. The number of alkyl halides is 1. The highest BCUT2D eigenvalue weighted by Gasteiger charge is 2.12. The van der Waals surface area contributed by atoms with E-state index in [1.807, 2.05) is 12.3 Å². The maximum Gasteiger partial charge on any atom is 0.0705 e. The molecular weight excluding hydrogens is 256 g/mol. The molecule has 0 bridgehead atoms. The Morgan fingerprint density at radius 2 is 2.00 bits per heavy atom. The molecule has 19 heavy (non-hydrogen) atoms. The molecule has 0 aliphatic rings. The summed E-state index contributed by atoms with van der Waals surface area (Å²) < 4.78 is 0. The topological polar surface area (TPSA) is 24.9 Å². The normalized spacial score (nSPS) is 13.1. The number of para-hydroxylation sites is 1. The molecular formula is C16H21ClN2. The van der Waals surface area contributed by atoms with Gasteiger partial charge in [0, 0.05) is 30.0 Å². The van der Waals surface area contributed by atoms with E-state index < -0.39 is 0 Å². The number of nitrogens with one attached hydrogen (secondary N) is 1. The lowest BCUT2D eigenvalue weighted by molar-refractivity contribution is 0.389. The predicted molar refractivity (Wildman–Crippen MR) is 82.5 cm³/mol. The van der Waals surface area contributed by atoms with Gasteiger partial charge in [0.2, 0.25) is 0 Å². The highest BCUT2D eigenvalue weighted by atomic mass is 35.5. The molecule has 2 rings (SSSR count). The summed E-state index contributed by atoms with van der Waals surface area (Å²) in [6, 6.07) is 10.8. The van der Waals surface area contributed by atoms with Gasteiger partial charge in [-0.3, -0.25) is 4.98 Å². The van der Waals surface area contributed by atoms with E-state index in [4.69, 9.17) is 11.6 Å². The fourth-order valence-electron chi connectivity index (χ4n) is 2.34.